The van der Waals surface area contributed by atoms with Crippen molar-refractivity contribution in [2.24, 2.45) is 5.73 Å². The zero-order chi connectivity index (χ0) is 15.0. The summed E-state index contributed by atoms with van der Waals surface area (Å²) < 4.78 is 5.55. The largest absolute Gasteiger partial charge is 0.495 e. The Morgan fingerprint density at radius 2 is 1.75 bits per heavy atom. The first-order valence-electron chi connectivity index (χ1n) is 7.45. The molecule has 0 radical (unpaired) electrons. The molecule has 0 heterocycles. The lowest BCUT2D eigenvalue weighted by Crippen LogP contribution is -2.39. The number of rotatable bonds is 2. The average Bonchev–Trinajstić information content (AvgIpc) is 2.37. The van der Waals surface area contributed by atoms with E-state index in [9.17, 15) is 0 Å². The fourth-order valence-corrected chi connectivity index (χ4v) is 3.35. The van der Waals surface area contributed by atoms with Crippen molar-refractivity contribution in [3.63, 3.8) is 0 Å². The van der Waals surface area contributed by atoms with Crippen LogP contribution in [0.5, 0.6) is 5.75 Å². The molecule has 20 heavy (non-hydrogen) atoms. The summed E-state index contributed by atoms with van der Waals surface area (Å²) in [4.78, 5) is 0. The Hall–Kier alpha value is -0.730. The first-order valence-corrected chi connectivity index (χ1v) is 7.83. The van der Waals surface area contributed by atoms with Crippen molar-refractivity contribution in [1.82, 2.24) is 0 Å². The number of methoxy groups -OCH3 is 1. The van der Waals surface area contributed by atoms with Crippen LogP contribution in [0.25, 0.3) is 0 Å². The van der Waals surface area contributed by atoms with Crippen LogP contribution in [-0.2, 0) is 11.0 Å². The lowest BCUT2D eigenvalue weighted by atomic mass is 9.75. The van der Waals surface area contributed by atoms with Crippen molar-refractivity contribution in [2.75, 3.05) is 7.11 Å². The molecule has 1 aromatic rings. The first-order chi connectivity index (χ1) is 9.28. The summed E-state index contributed by atoms with van der Waals surface area (Å²) in [6, 6.07) is 4.21. The molecular weight excluding hydrogens is 270 g/mol. The second-order valence-corrected chi connectivity index (χ2v) is 7.41. The highest BCUT2D eigenvalue weighted by Gasteiger charge is 2.34. The van der Waals surface area contributed by atoms with Crippen LogP contribution in [0.1, 0.15) is 64.0 Å². The molecule has 1 aliphatic carbocycles. The number of hydrogen-bond donors (Lipinski definition) is 1. The number of benzene rings is 1. The molecule has 2 rings (SSSR count). The molecule has 0 saturated heterocycles. The fraction of sp³-hybridized carbons (Fsp3) is 0.647. The van der Waals surface area contributed by atoms with Gasteiger partial charge in [0.2, 0.25) is 0 Å². The minimum Gasteiger partial charge on any atom is -0.495 e. The minimum absolute atomic E-state index is 0.0513. The van der Waals surface area contributed by atoms with E-state index in [1.54, 1.807) is 7.11 Å². The molecule has 2 nitrogen and oxygen atoms in total. The quantitative estimate of drug-likeness (QED) is 0.853. The summed E-state index contributed by atoms with van der Waals surface area (Å²) in [6.07, 6.45) is 5.64. The Balaban J connectivity index is 2.57. The normalized spacial score (nSPS) is 18.9. The van der Waals surface area contributed by atoms with Gasteiger partial charge in [0.1, 0.15) is 5.75 Å². The van der Waals surface area contributed by atoms with Crippen LogP contribution < -0.4 is 10.5 Å². The zero-order valence-electron chi connectivity index (χ0n) is 13.1. The van der Waals surface area contributed by atoms with Crippen LogP contribution in [0.15, 0.2) is 12.1 Å². The maximum Gasteiger partial charge on any atom is 0.142 e. The van der Waals surface area contributed by atoms with Gasteiger partial charge in [-0.15, -0.1) is 0 Å². The van der Waals surface area contributed by atoms with E-state index in [2.05, 4.69) is 26.8 Å². The van der Waals surface area contributed by atoms with E-state index >= 15 is 0 Å². The van der Waals surface area contributed by atoms with Gasteiger partial charge in [0.15, 0.2) is 0 Å². The third-order valence-corrected chi connectivity index (χ3v) is 4.68. The van der Waals surface area contributed by atoms with Crippen molar-refractivity contribution in [1.29, 1.82) is 0 Å². The summed E-state index contributed by atoms with van der Waals surface area (Å²) in [5.74, 6) is 0.754. The molecule has 0 aliphatic heterocycles. The van der Waals surface area contributed by atoms with Gasteiger partial charge < -0.3 is 10.5 Å². The van der Waals surface area contributed by atoms with Gasteiger partial charge in [-0.05, 0) is 36.0 Å². The van der Waals surface area contributed by atoms with E-state index in [1.807, 2.05) is 6.07 Å². The number of ether oxygens (including phenoxy) is 1. The first kappa shape index (κ1) is 15.7. The molecule has 1 aromatic carbocycles. The predicted molar refractivity (Wildman–Crippen MR) is 85.7 cm³/mol. The van der Waals surface area contributed by atoms with Crippen LogP contribution in [-0.4, -0.2) is 7.11 Å². The van der Waals surface area contributed by atoms with Crippen LogP contribution in [0.2, 0.25) is 5.02 Å². The smallest absolute Gasteiger partial charge is 0.142 e. The molecule has 0 bridgehead atoms. The van der Waals surface area contributed by atoms with Gasteiger partial charge >= 0.3 is 0 Å². The second kappa shape index (κ2) is 5.57. The highest BCUT2D eigenvalue weighted by molar-refractivity contribution is 6.32. The van der Waals surface area contributed by atoms with Crippen molar-refractivity contribution < 1.29 is 4.74 Å². The molecule has 1 fully saturated rings. The standard InChI is InChI=1S/C17H26ClNO/c1-16(2,3)12-10-13(15(20-4)14(18)11-12)17(19)8-6-5-7-9-17/h10-11H,5-9,19H2,1-4H3. The van der Waals surface area contributed by atoms with Crippen molar-refractivity contribution in [3.05, 3.63) is 28.3 Å². The molecule has 0 spiro atoms. The van der Waals surface area contributed by atoms with Gasteiger partial charge in [0.25, 0.3) is 0 Å². The summed E-state index contributed by atoms with van der Waals surface area (Å²) in [7, 11) is 1.67. The van der Waals surface area contributed by atoms with Crippen LogP contribution >= 0.6 is 11.6 Å². The summed E-state index contributed by atoms with van der Waals surface area (Å²) in [5, 5.41) is 0.672. The highest BCUT2D eigenvalue weighted by atomic mass is 35.5. The zero-order valence-corrected chi connectivity index (χ0v) is 13.8. The Morgan fingerprint density at radius 3 is 2.25 bits per heavy atom. The van der Waals surface area contributed by atoms with E-state index in [1.165, 1.54) is 24.8 Å². The van der Waals surface area contributed by atoms with Gasteiger partial charge in [-0.2, -0.15) is 0 Å². The molecule has 1 aliphatic rings. The van der Waals surface area contributed by atoms with Crippen molar-refractivity contribution in [3.8, 4) is 5.75 Å². The maximum atomic E-state index is 6.70. The Labute approximate surface area is 127 Å². The van der Waals surface area contributed by atoms with Crippen LogP contribution in [0.3, 0.4) is 0 Å². The third kappa shape index (κ3) is 2.96. The minimum atomic E-state index is -0.297. The average molecular weight is 296 g/mol. The number of halogens is 1. The topological polar surface area (TPSA) is 35.2 Å². The summed E-state index contributed by atoms with van der Waals surface area (Å²) in [6.45, 7) is 6.58. The lowest BCUT2D eigenvalue weighted by Gasteiger charge is -2.36. The van der Waals surface area contributed by atoms with Gasteiger partial charge in [0, 0.05) is 11.1 Å². The van der Waals surface area contributed by atoms with Gasteiger partial charge in [-0.3, -0.25) is 0 Å². The molecule has 0 atom stereocenters. The maximum absolute atomic E-state index is 6.70. The monoisotopic (exact) mass is 295 g/mol. The summed E-state index contributed by atoms with van der Waals surface area (Å²) >= 11 is 6.44. The summed E-state index contributed by atoms with van der Waals surface area (Å²) in [5.41, 5.74) is 8.75. The SMILES string of the molecule is COc1c(Cl)cc(C(C)(C)C)cc1C1(N)CCCCC1. The third-order valence-electron chi connectivity index (χ3n) is 4.40. The number of hydrogen-bond acceptors (Lipinski definition) is 2. The molecule has 1 saturated carbocycles. The molecule has 0 aromatic heterocycles. The van der Waals surface area contributed by atoms with Gasteiger partial charge in [-0.1, -0.05) is 51.6 Å². The van der Waals surface area contributed by atoms with E-state index in [-0.39, 0.29) is 11.0 Å². The molecule has 3 heteroatoms. The molecular formula is C17H26ClNO. The van der Waals surface area contributed by atoms with Gasteiger partial charge in [0.05, 0.1) is 12.1 Å². The van der Waals surface area contributed by atoms with Gasteiger partial charge in [-0.25, -0.2) is 0 Å². The van der Waals surface area contributed by atoms with E-state index < -0.39 is 0 Å². The Kier molecular flexibility index (Phi) is 4.36. The molecule has 2 N–H and O–H groups in total. The molecule has 0 amide bonds. The molecule has 112 valence electrons. The van der Waals surface area contributed by atoms with Crippen LogP contribution in [0, 0.1) is 0 Å². The second-order valence-electron chi connectivity index (χ2n) is 7.01. The van der Waals surface area contributed by atoms with E-state index in [0.717, 1.165) is 24.2 Å². The Morgan fingerprint density at radius 1 is 1.15 bits per heavy atom. The fourth-order valence-electron chi connectivity index (χ4n) is 3.06. The lowest BCUT2D eigenvalue weighted by molar-refractivity contribution is 0.288. The Bertz CT molecular complexity index is 484. The van der Waals surface area contributed by atoms with E-state index in [0.29, 0.717) is 5.02 Å². The number of nitrogens with two attached hydrogens (primary N) is 1. The molecule has 0 unspecified atom stereocenters. The van der Waals surface area contributed by atoms with Crippen LogP contribution in [0.4, 0.5) is 0 Å². The van der Waals surface area contributed by atoms with Crippen molar-refractivity contribution >= 4 is 11.6 Å². The highest BCUT2D eigenvalue weighted by Crippen LogP contribution is 2.44. The van der Waals surface area contributed by atoms with Crippen molar-refractivity contribution in [2.45, 2.75) is 63.8 Å². The van der Waals surface area contributed by atoms with E-state index in [4.69, 9.17) is 22.1 Å². The predicted octanol–water partition coefficient (Wildman–Crippen LogP) is 4.76.